The van der Waals surface area contributed by atoms with Gasteiger partial charge in [-0.25, -0.2) is 4.79 Å². The van der Waals surface area contributed by atoms with Crippen molar-refractivity contribution in [2.24, 2.45) is 0 Å². The van der Waals surface area contributed by atoms with Crippen LogP contribution in [0.25, 0.3) is 16.8 Å². The van der Waals surface area contributed by atoms with Crippen LogP contribution in [0.3, 0.4) is 0 Å². The Hall–Kier alpha value is -3.49. The highest BCUT2D eigenvalue weighted by molar-refractivity contribution is 8.18. The fraction of sp³-hybridized carbons (Fsp3) is 0.250. The zero-order valence-electron chi connectivity index (χ0n) is 20.7. The van der Waals surface area contributed by atoms with Crippen molar-refractivity contribution in [3.05, 3.63) is 75.7 Å². The number of fused-ring (bicyclic) bond motifs is 1. The standard InChI is InChI=1S/C28H26ClNO6S/c1-4-34-23-14-19(15-24-26(31)30(28(33)37-24)17(3)27(32)35-5-2)13-22(29)25(23)36-16-18-10-11-20-8-6-7-9-21(20)12-18/h6-15,17H,4-5,16H2,1-3H3/b24-15+/t17-/m1/s1. The normalized spacial score (nSPS) is 15.4. The third-order valence-electron chi connectivity index (χ3n) is 5.67. The summed E-state index contributed by atoms with van der Waals surface area (Å²) in [6.45, 7) is 5.78. The van der Waals surface area contributed by atoms with Gasteiger partial charge in [-0.2, -0.15) is 0 Å². The van der Waals surface area contributed by atoms with Gasteiger partial charge in [0.05, 0.1) is 23.1 Å². The van der Waals surface area contributed by atoms with E-state index in [0.29, 0.717) is 28.7 Å². The number of nitrogens with zero attached hydrogens (tertiary/aromatic N) is 1. The fourth-order valence-corrected chi connectivity index (χ4v) is 5.07. The number of hydrogen-bond acceptors (Lipinski definition) is 7. The summed E-state index contributed by atoms with van der Waals surface area (Å²) in [5.74, 6) is -0.402. The van der Waals surface area contributed by atoms with Crippen LogP contribution in [0.5, 0.6) is 11.5 Å². The number of thioether (sulfide) groups is 1. The molecule has 1 fully saturated rings. The second-order valence-corrected chi connectivity index (χ2v) is 9.61. The molecule has 4 rings (SSSR count). The van der Waals surface area contributed by atoms with Crippen LogP contribution in [0.15, 0.2) is 59.5 Å². The summed E-state index contributed by atoms with van der Waals surface area (Å²) >= 11 is 7.33. The van der Waals surface area contributed by atoms with Gasteiger partial charge in [0.25, 0.3) is 11.1 Å². The Morgan fingerprint density at radius 1 is 1.03 bits per heavy atom. The lowest BCUT2D eigenvalue weighted by Crippen LogP contribution is -2.42. The van der Waals surface area contributed by atoms with Gasteiger partial charge in [0.1, 0.15) is 12.6 Å². The molecule has 0 spiro atoms. The van der Waals surface area contributed by atoms with E-state index < -0.39 is 23.2 Å². The summed E-state index contributed by atoms with van der Waals surface area (Å²) in [6.07, 6.45) is 1.55. The third-order valence-corrected chi connectivity index (χ3v) is 6.83. The predicted molar refractivity (Wildman–Crippen MR) is 145 cm³/mol. The molecule has 0 aliphatic carbocycles. The largest absolute Gasteiger partial charge is 0.490 e. The van der Waals surface area contributed by atoms with Gasteiger partial charge in [-0.3, -0.25) is 14.5 Å². The smallest absolute Gasteiger partial charge is 0.329 e. The maximum Gasteiger partial charge on any atom is 0.329 e. The predicted octanol–water partition coefficient (Wildman–Crippen LogP) is 6.46. The average molecular weight is 540 g/mol. The molecule has 1 heterocycles. The lowest BCUT2D eigenvalue weighted by molar-refractivity contribution is -0.150. The molecule has 37 heavy (non-hydrogen) atoms. The van der Waals surface area contributed by atoms with Gasteiger partial charge < -0.3 is 14.2 Å². The van der Waals surface area contributed by atoms with Gasteiger partial charge in [0.2, 0.25) is 0 Å². The Balaban J connectivity index is 1.56. The van der Waals surface area contributed by atoms with E-state index in [-0.39, 0.29) is 18.1 Å². The highest BCUT2D eigenvalue weighted by Crippen LogP contribution is 2.40. The zero-order valence-corrected chi connectivity index (χ0v) is 22.2. The van der Waals surface area contributed by atoms with E-state index in [1.807, 2.05) is 37.3 Å². The number of halogens is 1. The van der Waals surface area contributed by atoms with Crippen molar-refractivity contribution in [2.75, 3.05) is 13.2 Å². The van der Waals surface area contributed by atoms with E-state index >= 15 is 0 Å². The summed E-state index contributed by atoms with van der Waals surface area (Å²) in [7, 11) is 0. The molecule has 1 aliphatic heterocycles. The average Bonchev–Trinajstić information content (AvgIpc) is 3.15. The Labute approximate surface area is 224 Å². The van der Waals surface area contributed by atoms with Crippen LogP contribution in [-0.4, -0.2) is 41.3 Å². The molecule has 0 saturated carbocycles. The first-order valence-corrected chi connectivity index (χ1v) is 13.0. The van der Waals surface area contributed by atoms with E-state index in [4.69, 9.17) is 25.8 Å². The molecule has 0 unspecified atom stereocenters. The first kappa shape index (κ1) is 26.6. The number of benzene rings is 3. The van der Waals surface area contributed by atoms with Gasteiger partial charge in [-0.15, -0.1) is 0 Å². The Kier molecular flexibility index (Phi) is 8.41. The molecule has 3 aromatic rings. The van der Waals surface area contributed by atoms with Crippen LogP contribution < -0.4 is 9.47 Å². The minimum atomic E-state index is -1.02. The monoisotopic (exact) mass is 539 g/mol. The molecule has 0 N–H and O–H groups in total. The van der Waals surface area contributed by atoms with E-state index in [1.165, 1.54) is 6.92 Å². The van der Waals surface area contributed by atoms with Crippen LogP contribution in [0.4, 0.5) is 4.79 Å². The first-order valence-electron chi connectivity index (χ1n) is 11.8. The SMILES string of the molecule is CCOC(=O)[C@@H](C)N1C(=O)S/C(=C/c2cc(Cl)c(OCc3ccc4ccccc4c3)c(OCC)c2)C1=O. The summed E-state index contributed by atoms with van der Waals surface area (Å²) in [5.41, 5.74) is 1.53. The lowest BCUT2D eigenvalue weighted by Gasteiger charge is -2.19. The van der Waals surface area contributed by atoms with Crippen LogP contribution in [0, 0.1) is 0 Å². The van der Waals surface area contributed by atoms with Crippen LogP contribution in [0.2, 0.25) is 5.02 Å². The van der Waals surface area contributed by atoms with Gasteiger partial charge >= 0.3 is 5.97 Å². The molecule has 2 amide bonds. The van der Waals surface area contributed by atoms with Crippen LogP contribution in [0.1, 0.15) is 31.9 Å². The number of imide groups is 1. The summed E-state index contributed by atoms with van der Waals surface area (Å²) in [6, 6.07) is 16.5. The van der Waals surface area contributed by atoms with Crippen molar-refractivity contribution in [3.8, 4) is 11.5 Å². The van der Waals surface area contributed by atoms with E-state index in [2.05, 4.69) is 12.1 Å². The van der Waals surface area contributed by atoms with Crippen molar-refractivity contribution >= 4 is 57.3 Å². The molecule has 1 saturated heterocycles. The van der Waals surface area contributed by atoms with Crippen LogP contribution in [-0.2, 0) is 20.9 Å². The fourth-order valence-electron chi connectivity index (χ4n) is 3.89. The maximum atomic E-state index is 12.9. The molecule has 9 heteroatoms. The minimum Gasteiger partial charge on any atom is -0.490 e. The second kappa shape index (κ2) is 11.7. The van der Waals surface area contributed by atoms with Crippen LogP contribution >= 0.6 is 23.4 Å². The molecule has 0 radical (unpaired) electrons. The van der Waals surface area contributed by atoms with Gasteiger partial charge in [-0.05, 0) is 78.7 Å². The molecule has 1 atom stereocenters. The van der Waals surface area contributed by atoms with E-state index in [9.17, 15) is 14.4 Å². The molecule has 7 nitrogen and oxygen atoms in total. The quantitative estimate of drug-likeness (QED) is 0.228. The second-order valence-electron chi connectivity index (χ2n) is 8.21. The van der Waals surface area contributed by atoms with Crippen molar-refractivity contribution in [3.63, 3.8) is 0 Å². The number of carbonyl (C=O) groups excluding carboxylic acids is 3. The Bertz CT molecular complexity index is 1390. The van der Waals surface area contributed by atoms with Gasteiger partial charge in [-0.1, -0.05) is 48.0 Å². The number of rotatable bonds is 9. The summed E-state index contributed by atoms with van der Waals surface area (Å²) in [5, 5.41) is 2.02. The molecule has 192 valence electrons. The molecular weight excluding hydrogens is 514 g/mol. The molecular formula is C28H26ClNO6S. The van der Waals surface area contributed by atoms with Crippen molar-refractivity contribution < 1.29 is 28.6 Å². The van der Waals surface area contributed by atoms with Gasteiger partial charge in [0, 0.05) is 0 Å². The number of carbonyl (C=O) groups is 3. The number of ether oxygens (including phenoxy) is 3. The van der Waals surface area contributed by atoms with E-state index in [0.717, 1.165) is 33.0 Å². The molecule has 1 aliphatic rings. The lowest BCUT2D eigenvalue weighted by atomic mass is 10.1. The Morgan fingerprint density at radius 3 is 2.51 bits per heavy atom. The summed E-state index contributed by atoms with van der Waals surface area (Å²) < 4.78 is 16.8. The number of esters is 1. The number of hydrogen-bond donors (Lipinski definition) is 0. The summed E-state index contributed by atoms with van der Waals surface area (Å²) in [4.78, 5) is 38.5. The maximum absolute atomic E-state index is 12.9. The molecule has 3 aromatic carbocycles. The minimum absolute atomic E-state index is 0.156. The molecule has 0 bridgehead atoms. The van der Waals surface area contributed by atoms with Gasteiger partial charge in [0.15, 0.2) is 11.5 Å². The third kappa shape index (κ3) is 5.92. The number of amides is 2. The van der Waals surface area contributed by atoms with Crippen molar-refractivity contribution in [2.45, 2.75) is 33.4 Å². The molecule has 0 aromatic heterocycles. The highest BCUT2D eigenvalue weighted by atomic mass is 35.5. The van der Waals surface area contributed by atoms with Crippen molar-refractivity contribution in [1.29, 1.82) is 0 Å². The topological polar surface area (TPSA) is 82.1 Å². The Morgan fingerprint density at radius 2 is 1.78 bits per heavy atom. The highest BCUT2D eigenvalue weighted by Gasteiger charge is 2.41. The zero-order chi connectivity index (χ0) is 26.5. The van der Waals surface area contributed by atoms with Crippen molar-refractivity contribution in [1.82, 2.24) is 4.90 Å². The van der Waals surface area contributed by atoms with E-state index in [1.54, 1.807) is 25.1 Å². The first-order chi connectivity index (χ1) is 17.8.